The second kappa shape index (κ2) is 11.8. The minimum absolute atomic E-state index is 0.0249. The van der Waals surface area contributed by atoms with Crippen LogP contribution in [-0.4, -0.2) is 53.4 Å². The maximum Gasteiger partial charge on any atom is 0.315 e. The van der Waals surface area contributed by atoms with Crippen LogP contribution in [0.15, 0.2) is 48.7 Å². The summed E-state index contributed by atoms with van der Waals surface area (Å²) in [5.41, 5.74) is 3.59. The van der Waals surface area contributed by atoms with Gasteiger partial charge in [-0.1, -0.05) is 38.4 Å². The van der Waals surface area contributed by atoms with Crippen LogP contribution in [0.25, 0.3) is 20.9 Å². The fourth-order valence-electron chi connectivity index (χ4n) is 4.34. The number of halogens is 2. The lowest BCUT2D eigenvalue weighted by atomic mass is 9.91. The highest BCUT2D eigenvalue weighted by Gasteiger charge is 2.26. The van der Waals surface area contributed by atoms with Crippen molar-refractivity contribution in [1.29, 1.82) is 0 Å². The van der Waals surface area contributed by atoms with E-state index in [2.05, 4.69) is 54.6 Å². The van der Waals surface area contributed by atoms with E-state index >= 15 is 0 Å². The number of thiophene rings is 1. The highest BCUT2D eigenvalue weighted by Crippen LogP contribution is 2.38. The second-order valence-electron chi connectivity index (χ2n) is 10.2. The average molecular weight is 560 g/mol. The van der Waals surface area contributed by atoms with Crippen LogP contribution in [0.2, 0.25) is 5.02 Å². The maximum absolute atomic E-state index is 13.2. The van der Waals surface area contributed by atoms with Crippen LogP contribution in [0.3, 0.4) is 0 Å². The SMILES string of the molecule is CC(C)(C)c1cc(-c2ccc(-c3ccc(C(=O)N4CCCC(NC(=O)NCCCl)C4)cc3Cl)s2)ccn1. The molecule has 37 heavy (non-hydrogen) atoms. The van der Waals surface area contributed by atoms with Crippen LogP contribution < -0.4 is 10.6 Å². The summed E-state index contributed by atoms with van der Waals surface area (Å²) in [4.78, 5) is 33.7. The van der Waals surface area contributed by atoms with Gasteiger partial charge in [0.25, 0.3) is 5.91 Å². The Morgan fingerprint density at radius 2 is 1.92 bits per heavy atom. The first-order chi connectivity index (χ1) is 17.7. The standard InChI is InChI=1S/C28H32Cl2N4O2S/c1-28(2,3)25-16-18(10-12-31-25)23-8-9-24(37-23)21-7-6-19(15-22(21)30)26(35)34-14-4-5-20(17-34)33-27(36)32-13-11-29/h6-10,12,15-16,20H,4-5,11,13-14,17H2,1-3H3,(H2,32,33,36). The first-order valence-corrected chi connectivity index (χ1v) is 14.1. The molecule has 3 amide bonds. The van der Waals surface area contributed by atoms with Gasteiger partial charge in [-0.25, -0.2) is 4.79 Å². The topological polar surface area (TPSA) is 74.3 Å². The summed E-state index contributed by atoms with van der Waals surface area (Å²) >= 11 is 14.0. The first kappa shape index (κ1) is 27.4. The van der Waals surface area contributed by atoms with E-state index in [-0.39, 0.29) is 23.4 Å². The fourth-order valence-corrected chi connectivity index (χ4v) is 5.81. The van der Waals surface area contributed by atoms with Crippen molar-refractivity contribution in [3.8, 4) is 20.9 Å². The van der Waals surface area contributed by atoms with Gasteiger partial charge in [0.1, 0.15) is 0 Å². The summed E-state index contributed by atoms with van der Waals surface area (Å²) in [5.74, 6) is 0.271. The van der Waals surface area contributed by atoms with Gasteiger partial charge in [-0.3, -0.25) is 9.78 Å². The molecule has 9 heteroatoms. The number of carbonyl (C=O) groups is 2. The van der Waals surface area contributed by atoms with E-state index in [1.807, 2.05) is 24.4 Å². The van der Waals surface area contributed by atoms with Crippen molar-refractivity contribution < 1.29 is 9.59 Å². The van der Waals surface area contributed by atoms with Gasteiger partial charge >= 0.3 is 6.03 Å². The van der Waals surface area contributed by atoms with Crippen molar-refractivity contribution in [2.75, 3.05) is 25.5 Å². The van der Waals surface area contributed by atoms with E-state index in [0.717, 1.165) is 39.4 Å². The van der Waals surface area contributed by atoms with Crippen molar-refractivity contribution in [3.05, 3.63) is 64.9 Å². The van der Waals surface area contributed by atoms with Gasteiger partial charge in [0.2, 0.25) is 0 Å². The molecule has 1 aliphatic heterocycles. The number of carbonyl (C=O) groups excluding carboxylic acids is 2. The summed E-state index contributed by atoms with van der Waals surface area (Å²) in [6.45, 7) is 7.98. The van der Waals surface area contributed by atoms with Crippen LogP contribution in [0, 0.1) is 0 Å². The highest BCUT2D eigenvalue weighted by molar-refractivity contribution is 7.18. The van der Waals surface area contributed by atoms with Crippen LogP contribution in [0.5, 0.6) is 0 Å². The van der Waals surface area contributed by atoms with Gasteiger partial charge in [0.05, 0.1) is 5.02 Å². The third kappa shape index (κ3) is 6.83. The Hall–Kier alpha value is -2.61. The molecule has 2 N–H and O–H groups in total. The van der Waals surface area contributed by atoms with E-state index in [9.17, 15) is 9.59 Å². The lowest BCUT2D eigenvalue weighted by Crippen LogP contribution is -2.52. The van der Waals surface area contributed by atoms with Gasteiger partial charge in [-0.2, -0.15) is 0 Å². The number of aromatic nitrogens is 1. The van der Waals surface area contributed by atoms with Gasteiger partial charge in [0, 0.05) is 69.7 Å². The molecule has 1 saturated heterocycles. The maximum atomic E-state index is 13.2. The van der Waals surface area contributed by atoms with Crippen molar-refractivity contribution in [2.24, 2.45) is 0 Å². The highest BCUT2D eigenvalue weighted by atomic mass is 35.5. The number of piperidine rings is 1. The normalized spacial score (nSPS) is 15.9. The lowest BCUT2D eigenvalue weighted by molar-refractivity contribution is 0.0697. The first-order valence-electron chi connectivity index (χ1n) is 12.4. The summed E-state index contributed by atoms with van der Waals surface area (Å²) in [5, 5.41) is 6.17. The molecule has 6 nitrogen and oxygen atoms in total. The number of amides is 3. The fraction of sp³-hybridized carbons (Fsp3) is 0.393. The van der Waals surface area contributed by atoms with Crippen LogP contribution in [-0.2, 0) is 5.41 Å². The van der Waals surface area contributed by atoms with Crippen LogP contribution >= 0.6 is 34.5 Å². The minimum atomic E-state index is -0.260. The molecule has 0 bridgehead atoms. The zero-order chi connectivity index (χ0) is 26.6. The Morgan fingerprint density at radius 3 is 2.65 bits per heavy atom. The van der Waals surface area contributed by atoms with Gasteiger partial charge in [0.15, 0.2) is 0 Å². The molecule has 0 aliphatic carbocycles. The number of hydrogen-bond acceptors (Lipinski definition) is 4. The molecule has 1 atom stereocenters. The van der Waals surface area contributed by atoms with Crippen LogP contribution in [0.4, 0.5) is 4.79 Å². The van der Waals surface area contributed by atoms with Crippen molar-refractivity contribution >= 4 is 46.5 Å². The lowest BCUT2D eigenvalue weighted by Gasteiger charge is -2.33. The number of benzene rings is 1. The van der Waals surface area contributed by atoms with Crippen LogP contribution in [0.1, 0.15) is 49.7 Å². The number of hydrogen-bond donors (Lipinski definition) is 2. The van der Waals surface area contributed by atoms with E-state index in [4.69, 9.17) is 23.2 Å². The number of likely N-dealkylation sites (tertiary alicyclic amines) is 1. The number of alkyl halides is 1. The van der Waals surface area contributed by atoms with Gasteiger partial charge in [-0.05, 0) is 54.8 Å². The van der Waals surface area contributed by atoms with E-state index < -0.39 is 0 Å². The molecule has 1 unspecified atom stereocenters. The molecule has 0 radical (unpaired) electrons. The van der Waals surface area contributed by atoms with Crippen molar-refractivity contribution in [2.45, 2.75) is 45.1 Å². The average Bonchev–Trinajstić information content (AvgIpc) is 3.37. The Kier molecular flexibility index (Phi) is 8.78. The molecule has 1 aromatic carbocycles. The molecule has 2 aromatic heterocycles. The smallest absolute Gasteiger partial charge is 0.315 e. The molecule has 3 aromatic rings. The monoisotopic (exact) mass is 558 g/mol. The molecule has 1 fully saturated rings. The Labute approximate surface area is 232 Å². The Bertz CT molecular complexity index is 1270. The van der Waals surface area contributed by atoms with Gasteiger partial charge in [-0.15, -0.1) is 22.9 Å². The van der Waals surface area contributed by atoms with Crippen molar-refractivity contribution in [1.82, 2.24) is 20.5 Å². The number of pyridine rings is 1. The number of rotatable bonds is 6. The van der Waals surface area contributed by atoms with E-state index in [0.29, 0.717) is 36.1 Å². The predicted octanol–water partition coefficient (Wildman–Crippen LogP) is 6.57. The molecular formula is C28H32Cl2N4O2S. The molecule has 196 valence electrons. The quantitative estimate of drug-likeness (QED) is 0.336. The molecule has 3 heterocycles. The Morgan fingerprint density at radius 1 is 1.14 bits per heavy atom. The van der Waals surface area contributed by atoms with Crippen molar-refractivity contribution in [3.63, 3.8) is 0 Å². The molecule has 4 rings (SSSR count). The molecule has 0 spiro atoms. The van der Waals surface area contributed by atoms with Gasteiger partial charge < -0.3 is 15.5 Å². The zero-order valence-corrected chi connectivity index (χ0v) is 23.6. The minimum Gasteiger partial charge on any atom is -0.337 e. The third-order valence-corrected chi connectivity index (χ3v) is 7.99. The summed E-state index contributed by atoms with van der Waals surface area (Å²) in [6, 6.07) is 13.5. The summed E-state index contributed by atoms with van der Waals surface area (Å²) < 4.78 is 0. The second-order valence-corrected chi connectivity index (χ2v) is 12.1. The van der Waals surface area contributed by atoms with E-state index in [1.165, 1.54) is 0 Å². The largest absolute Gasteiger partial charge is 0.337 e. The number of nitrogens with one attached hydrogen (secondary N) is 2. The number of nitrogens with zero attached hydrogens (tertiary/aromatic N) is 2. The summed E-state index contributed by atoms with van der Waals surface area (Å²) in [7, 11) is 0. The molecule has 1 aliphatic rings. The predicted molar refractivity (Wildman–Crippen MR) is 153 cm³/mol. The Balaban J connectivity index is 1.46. The summed E-state index contributed by atoms with van der Waals surface area (Å²) in [6.07, 6.45) is 3.50. The molecular weight excluding hydrogens is 527 g/mol. The number of urea groups is 1. The van der Waals surface area contributed by atoms with E-state index in [1.54, 1.807) is 22.3 Å². The third-order valence-electron chi connectivity index (χ3n) is 6.32. The molecule has 0 saturated carbocycles. The zero-order valence-electron chi connectivity index (χ0n) is 21.3.